The summed E-state index contributed by atoms with van der Waals surface area (Å²) in [6.07, 6.45) is 3.16. The number of urea groups is 1. The number of piperidine rings is 1. The molecule has 1 aromatic heterocycles. The van der Waals surface area contributed by atoms with Crippen LogP contribution in [-0.2, 0) is 34.9 Å². The first-order valence-electron chi connectivity index (χ1n) is 7.97. The highest BCUT2D eigenvalue weighted by Gasteiger charge is 2.49. The van der Waals surface area contributed by atoms with E-state index < -0.39 is 40.4 Å². The molecule has 3 amide bonds. The first-order valence-corrected chi connectivity index (χ1v) is 9.30. The Hall–Kier alpha value is -2.77. The van der Waals surface area contributed by atoms with Gasteiger partial charge in [-0.25, -0.2) is 10.6 Å². The van der Waals surface area contributed by atoms with Gasteiger partial charge in [0, 0.05) is 18.9 Å². The highest BCUT2D eigenvalue weighted by atomic mass is 32.3. The Balaban J connectivity index is 1.63. The van der Waals surface area contributed by atoms with Gasteiger partial charge in [0.15, 0.2) is 0 Å². The number of rotatable bonds is 6. The van der Waals surface area contributed by atoms with E-state index in [0.717, 1.165) is 4.90 Å². The summed E-state index contributed by atoms with van der Waals surface area (Å²) in [4.78, 5) is 40.9. The second-order valence-corrected chi connectivity index (χ2v) is 7.12. The van der Waals surface area contributed by atoms with E-state index in [-0.39, 0.29) is 13.0 Å². The topological polar surface area (TPSA) is 161 Å². The largest absolute Gasteiger partial charge is 0.473 e. The van der Waals surface area contributed by atoms with Gasteiger partial charge in [-0.3, -0.25) is 20.0 Å². The number of pyridine rings is 1. The van der Waals surface area contributed by atoms with Crippen LogP contribution in [0.4, 0.5) is 4.79 Å². The van der Waals surface area contributed by atoms with Gasteiger partial charge < -0.3 is 9.08 Å². The number of amides is 3. The van der Waals surface area contributed by atoms with Crippen LogP contribution in [0.3, 0.4) is 0 Å². The molecule has 3 rings (SSSR count). The summed E-state index contributed by atoms with van der Waals surface area (Å²) in [6.45, 7) is 0.0933. The molecule has 0 saturated carbocycles. The Morgan fingerprint density at radius 3 is 2.81 bits per heavy atom. The normalized spacial score (nSPS) is 21.9. The summed E-state index contributed by atoms with van der Waals surface area (Å²) in [5.41, 5.74) is 2.42. The number of nitrogens with two attached hydrogens (primary N) is 1. The predicted molar refractivity (Wildman–Crippen MR) is 87.1 cm³/mol. The summed E-state index contributed by atoms with van der Waals surface area (Å²) in [5, 5.41) is 0.608. The van der Waals surface area contributed by atoms with E-state index in [4.69, 9.17) is 5.84 Å². The van der Waals surface area contributed by atoms with Crippen molar-refractivity contribution in [3.63, 3.8) is 0 Å². The van der Waals surface area contributed by atoms with Crippen molar-refractivity contribution in [1.29, 1.82) is 0 Å². The fraction of sp³-hybridized carbons (Fsp3) is 0.429. The third-order valence-electron chi connectivity index (χ3n) is 4.21. The summed E-state index contributed by atoms with van der Waals surface area (Å²) in [6, 6.07) is 0.927. The van der Waals surface area contributed by atoms with Crippen molar-refractivity contribution in [2.75, 3.05) is 6.54 Å². The molecule has 0 aromatic carbocycles. The molecular formula is C14H17N5O7S. The van der Waals surface area contributed by atoms with Gasteiger partial charge in [-0.2, -0.15) is 13.5 Å². The van der Waals surface area contributed by atoms with Crippen molar-refractivity contribution in [2.45, 2.75) is 31.3 Å². The van der Waals surface area contributed by atoms with Crippen molar-refractivity contribution in [3.05, 3.63) is 30.1 Å². The molecule has 2 atom stereocenters. The SMILES string of the molecule is NNC(=O)[C@@H]1CC[C@@H]2CN1C(=O)N2OS(=O)(=O)OC(=O)Cc1cccnc1. The average Bonchev–Trinajstić information content (AvgIpc) is 2.86. The van der Waals surface area contributed by atoms with Crippen LogP contribution in [0.5, 0.6) is 0 Å². The van der Waals surface area contributed by atoms with Gasteiger partial charge in [0.1, 0.15) is 6.04 Å². The maximum Gasteiger partial charge on any atom is 0.473 e. The van der Waals surface area contributed by atoms with E-state index in [1.54, 1.807) is 12.1 Å². The van der Waals surface area contributed by atoms with E-state index in [0.29, 0.717) is 23.5 Å². The van der Waals surface area contributed by atoms with Crippen LogP contribution < -0.4 is 11.3 Å². The first-order chi connectivity index (χ1) is 12.8. The van der Waals surface area contributed by atoms with E-state index in [9.17, 15) is 22.8 Å². The molecule has 2 saturated heterocycles. The number of aromatic nitrogens is 1. The number of hydrogen-bond acceptors (Lipinski definition) is 9. The Morgan fingerprint density at radius 2 is 2.15 bits per heavy atom. The zero-order valence-corrected chi connectivity index (χ0v) is 14.8. The third-order valence-corrected chi connectivity index (χ3v) is 4.94. The van der Waals surface area contributed by atoms with Crippen molar-refractivity contribution < 1.29 is 31.3 Å². The van der Waals surface area contributed by atoms with E-state index in [2.05, 4.69) is 13.5 Å². The molecule has 3 heterocycles. The summed E-state index contributed by atoms with van der Waals surface area (Å²) < 4.78 is 33.1. The van der Waals surface area contributed by atoms with E-state index >= 15 is 0 Å². The van der Waals surface area contributed by atoms with Gasteiger partial charge >= 0.3 is 22.4 Å². The Labute approximate surface area is 154 Å². The minimum Gasteiger partial charge on any atom is -0.323 e. The van der Waals surface area contributed by atoms with E-state index in [1.165, 1.54) is 12.4 Å². The van der Waals surface area contributed by atoms with E-state index in [1.807, 2.05) is 5.43 Å². The van der Waals surface area contributed by atoms with Crippen LogP contribution >= 0.6 is 0 Å². The number of hydrazine groups is 1. The minimum absolute atomic E-state index is 0.0933. The molecule has 13 heteroatoms. The van der Waals surface area contributed by atoms with Crippen molar-refractivity contribution in [2.24, 2.45) is 5.84 Å². The van der Waals surface area contributed by atoms with Crippen LogP contribution in [0.2, 0.25) is 0 Å². The number of hydroxylamine groups is 2. The van der Waals surface area contributed by atoms with Crippen molar-refractivity contribution in [3.8, 4) is 0 Å². The van der Waals surface area contributed by atoms with Gasteiger partial charge in [-0.1, -0.05) is 6.07 Å². The highest BCUT2D eigenvalue weighted by Crippen LogP contribution is 2.31. The summed E-state index contributed by atoms with van der Waals surface area (Å²) in [7, 11) is -4.82. The average molecular weight is 399 g/mol. The molecule has 3 N–H and O–H groups in total. The van der Waals surface area contributed by atoms with Crippen LogP contribution in [0.1, 0.15) is 18.4 Å². The highest BCUT2D eigenvalue weighted by molar-refractivity contribution is 7.82. The van der Waals surface area contributed by atoms with Crippen LogP contribution in [0, 0.1) is 0 Å². The molecule has 2 bridgehead atoms. The quantitative estimate of drug-likeness (QED) is 0.333. The van der Waals surface area contributed by atoms with Crippen LogP contribution in [0.25, 0.3) is 0 Å². The lowest BCUT2D eigenvalue weighted by Gasteiger charge is -2.28. The lowest BCUT2D eigenvalue weighted by molar-refractivity contribution is -0.135. The first kappa shape index (κ1) is 19.0. The van der Waals surface area contributed by atoms with Crippen LogP contribution in [-0.4, -0.2) is 59.9 Å². The minimum atomic E-state index is -4.82. The Kier molecular flexibility index (Phi) is 5.25. The predicted octanol–water partition coefficient (Wildman–Crippen LogP) is -1.40. The lowest BCUT2D eigenvalue weighted by Crippen LogP contribution is -2.51. The van der Waals surface area contributed by atoms with Gasteiger partial charge in [0.2, 0.25) is 0 Å². The molecule has 2 fully saturated rings. The van der Waals surface area contributed by atoms with Gasteiger partial charge in [0.05, 0.1) is 12.5 Å². The number of carbonyl (C=O) groups is 3. The molecule has 0 spiro atoms. The molecule has 0 aliphatic carbocycles. The number of fused-ring (bicyclic) bond motifs is 2. The molecule has 27 heavy (non-hydrogen) atoms. The second-order valence-electron chi connectivity index (χ2n) is 5.99. The Morgan fingerprint density at radius 1 is 1.37 bits per heavy atom. The summed E-state index contributed by atoms with van der Waals surface area (Å²) >= 11 is 0. The molecule has 12 nitrogen and oxygen atoms in total. The van der Waals surface area contributed by atoms with Crippen molar-refractivity contribution >= 4 is 28.3 Å². The van der Waals surface area contributed by atoms with Gasteiger partial charge in [-0.05, 0) is 24.5 Å². The maximum atomic E-state index is 12.4. The Bertz CT molecular complexity index is 847. The fourth-order valence-electron chi connectivity index (χ4n) is 3.03. The number of nitrogens with zero attached hydrogens (tertiary/aromatic N) is 3. The number of carbonyl (C=O) groups excluding carboxylic acids is 3. The third kappa shape index (κ3) is 4.15. The molecule has 2 aliphatic heterocycles. The molecule has 1 aromatic rings. The molecular weight excluding hydrogens is 382 g/mol. The smallest absolute Gasteiger partial charge is 0.323 e. The standard InChI is InChI=1S/C14H17N5O7S/c15-17-13(21)11-4-3-10-8-18(11)14(22)19(10)26-27(23,24)25-12(20)6-9-2-1-5-16-7-9/h1-2,5,7,10-11H,3-4,6,8,15H2,(H,17,21)/t10-,11+/m1/s1. The fourth-order valence-corrected chi connectivity index (χ4v) is 3.72. The zero-order valence-electron chi connectivity index (χ0n) is 14.0. The number of hydrogen-bond donors (Lipinski definition) is 2. The van der Waals surface area contributed by atoms with Gasteiger partial charge in [0.25, 0.3) is 5.91 Å². The van der Waals surface area contributed by atoms with Crippen molar-refractivity contribution in [1.82, 2.24) is 20.4 Å². The molecule has 146 valence electrons. The molecule has 0 radical (unpaired) electrons. The lowest BCUT2D eigenvalue weighted by atomic mass is 10.0. The second kappa shape index (κ2) is 7.46. The van der Waals surface area contributed by atoms with Gasteiger partial charge in [-0.15, -0.1) is 4.28 Å². The monoisotopic (exact) mass is 399 g/mol. The summed E-state index contributed by atoms with van der Waals surface area (Å²) in [5.74, 6) is 3.45. The zero-order chi connectivity index (χ0) is 19.6. The molecule has 0 unspecified atom stereocenters. The maximum absolute atomic E-state index is 12.4. The molecule has 2 aliphatic rings. The van der Waals surface area contributed by atoms with Crippen LogP contribution in [0.15, 0.2) is 24.5 Å². The number of nitrogens with one attached hydrogen (secondary N) is 1.